The molecule has 2 heteroatoms. The van der Waals surface area contributed by atoms with Crippen LogP contribution in [0.3, 0.4) is 0 Å². The number of hydrogen-bond acceptors (Lipinski definition) is 2. The quantitative estimate of drug-likeness (QED) is 0.744. The summed E-state index contributed by atoms with van der Waals surface area (Å²) in [6, 6.07) is 17.4. The number of nitrogens with one attached hydrogen (secondary N) is 1. The molecule has 1 fully saturated rings. The molecule has 0 spiro atoms. The van der Waals surface area contributed by atoms with Crippen LogP contribution in [0.15, 0.2) is 60.9 Å². The highest BCUT2D eigenvalue weighted by atomic mass is 14.9. The van der Waals surface area contributed by atoms with Crippen molar-refractivity contribution >= 4 is 16.5 Å². The van der Waals surface area contributed by atoms with Gasteiger partial charge in [0.2, 0.25) is 0 Å². The Bertz CT molecular complexity index is 775. The minimum absolute atomic E-state index is 0.818. The van der Waals surface area contributed by atoms with Crippen LogP contribution in [0.25, 0.3) is 10.8 Å². The Morgan fingerprint density at radius 3 is 2.86 bits per heavy atom. The molecule has 3 aromatic rings. The molecule has 0 amide bonds. The Hall–Kier alpha value is -2.35. The third kappa shape index (κ3) is 2.75. The van der Waals surface area contributed by atoms with Crippen LogP contribution in [-0.4, -0.2) is 4.98 Å². The Kier molecular flexibility index (Phi) is 3.07. The molecule has 0 bridgehead atoms. The largest absolute Gasteiger partial charge is 0.381 e. The summed E-state index contributed by atoms with van der Waals surface area (Å²) in [5, 5.41) is 5.92. The number of nitrogens with zero attached hydrogens (tertiary/aromatic N) is 1. The van der Waals surface area contributed by atoms with Crippen LogP contribution in [0.2, 0.25) is 0 Å². The van der Waals surface area contributed by atoms with Crippen LogP contribution in [0.5, 0.6) is 0 Å². The highest BCUT2D eigenvalue weighted by Gasteiger charge is 2.23. The van der Waals surface area contributed by atoms with E-state index < -0.39 is 0 Å². The molecule has 0 unspecified atom stereocenters. The average molecular weight is 274 g/mol. The topological polar surface area (TPSA) is 24.9 Å². The van der Waals surface area contributed by atoms with Crippen molar-refractivity contribution in [3.05, 3.63) is 72.1 Å². The van der Waals surface area contributed by atoms with E-state index in [0.29, 0.717) is 0 Å². The van der Waals surface area contributed by atoms with Crippen LogP contribution >= 0.6 is 0 Å². The zero-order valence-corrected chi connectivity index (χ0v) is 11.9. The minimum Gasteiger partial charge on any atom is -0.381 e. The lowest BCUT2D eigenvalue weighted by Gasteiger charge is -2.09. The summed E-state index contributed by atoms with van der Waals surface area (Å²) in [4.78, 5) is 4.15. The molecule has 4 rings (SSSR count). The van der Waals surface area contributed by atoms with E-state index in [4.69, 9.17) is 0 Å². The van der Waals surface area contributed by atoms with E-state index in [2.05, 4.69) is 52.8 Å². The van der Waals surface area contributed by atoms with Crippen LogP contribution < -0.4 is 5.32 Å². The minimum atomic E-state index is 0.818. The van der Waals surface area contributed by atoms with Gasteiger partial charge < -0.3 is 5.32 Å². The van der Waals surface area contributed by atoms with Crippen molar-refractivity contribution in [3.8, 4) is 0 Å². The Morgan fingerprint density at radius 2 is 1.95 bits per heavy atom. The van der Waals surface area contributed by atoms with Gasteiger partial charge in [0, 0.05) is 30.0 Å². The number of aromatic nitrogens is 1. The molecule has 2 aromatic carbocycles. The van der Waals surface area contributed by atoms with Crippen molar-refractivity contribution in [2.75, 3.05) is 5.32 Å². The van der Waals surface area contributed by atoms with Crippen LogP contribution in [-0.2, 0) is 6.54 Å². The number of fused-ring (bicyclic) bond motifs is 1. The van der Waals surface area contributed by atoms with Crippen LogP contribution in [0.1, 0.15) is 29.9 Å². The summed E-state index contributed by atoms with van der Waals surface area (Å²) in [7, 11) is 0. The van der Waals surface area contributed by atoms with Crippen molar-refractivity contribution in [1.82, 2.24) is 4.98 Å². The van der Waals surface area contributed by atoms with E-state index in [1.807, 2.05) is 18.5 Å². The summed E-state index contributed by atoms with van der Waals surface area (Å²) in [5.41, 5.74) is 4.01. The number of anilines is 1. The lowest BCUT2D eigenvalue weighted by molar-refractivity contribution is 1.09. The molecule has 0 saturated heterocycles. The highest BCUT2D eigenvalue weighted by molar-refractivity contribution is 5.84. The SMILES string of the molecule is c1cc(CNc2ccc3cnccc3c2)cc(C2CC2)c1. The highest BCUT2D eigenvalue weighted by Crippen LogP contribution is 2.40. The Morgan fingerprint density at radius 1 is 1.00 bits per heavy atom. The van der Waals surface area contributed by atoms with Crippen molar-refractivity contribution in [3.63, 3.8) is 0 Å². The molecule has 1 N–H and O–H groups in total. The van der Waals surface area contributed by atoms with Gasteiger partial charge in [-0.2, -0.15) is 0 Å². The first-order chi connectivity index (χ1) is 10.4. The maximum absolute atomic E-state index is 4.15. The molecule has 1 aliphatic rings. The van der Waals surface area contributed by atoms with Gasteiger partial charge in [0.1, 0.15) is 0 Å². The van der Waals surface area contributed by atoms with Crippen molar-refractivity contribution < 1.29 is 0 Å². The van der Waals surface area contributed by atoms with Crippen LogP contribution in [0, 0.1) is 0 Å². The second-order valence-corrected chi connectivity index (χ2v) is 5.81. The molecular weight excluding hydrogens is 256 g/mol. The summed E-state index contributed by atoms with van der Waals surface area (Å²) in [5.74, 6) is 0.818. The third-order valence-electron chi connectivity index (χ3n) is 4.14. The first-order valence-electron chi connectivity index (χ1n) is 7.55. The van der Waals surface area contributed by atoms with Gasteiger partial charge in [-0.1, -0.05) is 30.3 Å². The standard InChI is InChI=1S/C19H18N2/c1-2-14(10-16(3-1)15-4-5-15)12-21-19-7-6-18-13-20-9-8-17(18)11-19/h1-3,6-11,13,15,21H,4-5,12H2. The van der Waals surface area contributed by atoms with E-state index >= 15 is 0 Å². The molecule has 2 nitrogen and oxygen atoms in total. The maximum atomic E-state index is 4.15. The average Bonchev–Trinajstić information content (AvgIpc) is 3.38. The maximum Gasteiger partial charge on any atom is 0.0400 e. The fraction of sp³-hybridized carbons (Fsp3) is 0.211. The molecule has 1 heterocycles. The van der Waals surface area contributed by atoms with Gasteiger partial charge in [-0.05, 0) is 53.5 Å². The van der Waals surface area contributed by atoms with Gasteiger partial charge >= 0.3 is 0 Å². The third-order valence-corrected chi connectivity index (χ3v) is 4.14. The monoisotopic (exact) mass is 274 g/mol. The van der Waals surface area contributed by atoms with Gasteiger partial charge in [-0.25, -0.2) is 0 Å². The second-order valence-electron chi connectivity index (χ2n) is 5.81. The molecule has 0 aliphatic heterocycles. The van der Waals surface area contributed by atoms with E-state index in [-0.39, 0.29) is 0 Å². The van der Waals surface area contributed by atoms with Crippen molar-refractivity contribution in [1.29, 1.82) is 0 Å². The van der Waals surface area contributed by atoms with Gasteiger partial charge in [-0.15, -0.1) is 0 Å². The van der Waals surface area contributed by atoms with E-state index in [9.17, 15) is 0 Å². The summed E-state index contributed by atoms with van der Waals surface area (Å²) in [6.07, 6.45) is 6.45. The Balaban J connectivity index is 1.51. The number of benzene rings is 2. The molecule has 0 atom stereocenters. The molecule has 0 radical (unpaired) electrons. The zero-order chi connectivity index (χ0) is 14.1. The van der Waals surface area contributed by atoms with Gasteiger partial charge in [0.05, 0.1) is 0 Å². The normalized spacial score (nSPS) is 14.3. The number of pyridine rings is 1. The Labute approximate surface area is 124 Å². The van der Waals surface area contributed by atoms with E-state index in [1.165, 1.54) is 34.7 Å². The van der Waals surface area contributed by atoms with Gasteiger partial charge in [-0.3, -0.25) is 4.98 Å². The van der Waals surface area contributed by atoms with Crippen molar-refractivity contribution in [2.45, 2.75) is 25.3 Å². The lowest BCUT2D eigenvalue weighted by Crippen LogP contribution is -1.99. The summed E-state index contributed by atoms with van der Waals surface area (Å²) in [6.45, 7) is 0.872. The van der Waals surface area contributed by atoms with Gasteiger partial charge in [0.25, 0.3) is 0 Å². The van der Waals surface area contributed by atoms with E-state index in [0.717, 1.165) is 18.2 Å². The molecular formula is C19H18N2. The van der Waals surface area contributed by atoms with E-state index in [1.54, 1.807) is 0 Å². The smallest absolute Gasteiger partial charge is 0.0400 e. The number of hydrogen-bond donors (Lipinski definition) is 1. The molecule has 1 aromatic heterocycles. The molecule has 21 heavy (non-hydrogen) atoms. The zero-order valence-electron chi connectivity index (χ0n) is 11.9. The summed E-state index contributed by atoms with van der Waals surface area (Å²) < 4.78 is 0. The fourth-order valence-corrected chi connectivity index (χ4v) is 2.77. The molecule has 104 valence electrons. The fourth-order valence-electron chi connectivity index (χ4n) is 2.77. The number of rotatable bonds is 4. The first kappa shape index (κ1) is 12.4. The van der Waals surface area contributed by atoms with Crippen molar-refractivity contribution in [2.24, 2.45) is 0 Å². The lowest BCUT2D eigenvalue weighted by atomic mass is 10.1. The molecule has 1 aliphatic carbocycles. The van der Waals surface area contributed by atoms with Crippen LogP contribution in [0.4, 0.5) is 5.69 Å². The summed E-state index contributed by atoms with van der Waals surface area (Å²) >= 11 is 0. The molecule has 1 saturated carbocycles. The van der Waals surface area contributed by atoms with Gasteiger partial charge in [0.15, 0.2) is 0 Å². The first-order valence-corrected chi connectivity index (χ1v) is 7.55. The predicted octanol–water partition coefficient (Wildman–Crippen LogP) is 4.72. The predicted molar refractivity (Wildman–Crippen MR) is 87.5 cm³/mol. The second kappa shape index (κ2) is 5.21.